The second kappa shape index (κ2) is 17.6. The lowest BCUT2D eigenvalue weighted by molar-refractivity contribution is -0.126. The monoisotopic (exact) mass is 701 g/mol. The van der Waals surface area contributed by atoms with Gasteiger partial charge in [0.05, 0.1) is 18.9 Å². The maximum absolute atomic E-state index is 14.1. The third-order valence-electron chi connectivity index (χ3n) is 7.72. The number of nitrogens with one attached hydrogen (secondary N) is 1. The average molecular weight is 702 g/mol. The number of hydrogen-bond acceptors (Lipinski definition) is 6. The van der Waals surface area contributed by atoms with Crippen LogP contribution in [0.15, 0.2) is 150 Å². The Bertz CT molecular complexity index is 1970. The van der Waals surface area contributed by atoms with Crippen LogP contribution in [0.4, 0.5) is 4.39 Å². The first-order valence-corrected chi connectivity index (χ1v) is 17.0. The third kappa shape index (κ3) is 9.37. The van der Waals surface area contributed by atoms with Gasteiger partial charge in [0.1, 0.15) is 18.0 Å². The first kappa shape index (κ1) is 36.3. The van der Waals surface area contributed by atoms with Crippen LogP contribution in [0.25, 0.3) is 6.08 Å². The smallest absolute Gasteiger partial charge is 0.285 e. The predicted octanol–water partition coefficient (Wildman–Crippen LogP) is 7.81. The molecule has 10 heteroatoms. The zero-order chi connectivity index (χ0) is 36.2. The molecule has 3 amide bonds. The van der Waals surface area contributed by atoms with Crippen molar-refractivity contribution in [3.8, 4) is 11.5 Å². The number of halogens is 1. The van der Waals surface area contributed by atoms with Gasteiger partial charge in [-0.25, -0.2) is 4.39 Å². The number of thioether (sulfide) groups is 1. The van der Waals surface area contributed by atoms with Crippen LogP contribution in [0, 0.1) is 5.82 Å². The first-order chi connectivity index (χ1) is 24.8. The number of carbonyl (C=O) groups is 3. The van der Waals surface area contributed by atoms with Gasteiger partial charge in [-0.2, -0.15) is 4.99 Å². The van der Waals surface area contributed by atoms with Gasteiger partial charge in [0.25, 0.3) is 11.8 Å². The number of amides is 3. The number of amidine groups is 1. The van der Waals surface area contributed by atoms with Crippen molar-refractivity contribution < 1.29 is 28.2 Å². The van der Waals surface area contributed by atoms with Crippen molar-refractivity contribution in [1.29, 1.82) is 0 Å². The third-order valence-corrected chi connectivity index (χ3v) is 8.66. The Kier molecular flexibility index (Phi) is 12.5. The molecule has 0 aliphatic carbocycles. The molecule has 51 heavy (non-hydrogen) atoms. The maximum atomic E-state index is 14.1. The van der Waals surface area contributed by atoms with Crippen LogP contribution in [-0.4, -0.2) is 40.7 Å². The zero-order valence-corrected chi connectivity index (χ0v) is 28.9. The SMILES string of the molecule is C=C/C=C\C(=C/C)N1C(=O)/C(=C/c2ccc(OCc3ccc(F)cc3)c(OC)c2)C(=O)N=C1SCC(=O)NC(c1ccccc1)c1ccccc1. The van der Waals surface area contributed by atoms with Crippen LogP contribution in [0.5, 0.6) is 11.5 Å². The largest absolute Gasteiger partial charge is 0.493 e. The number of rotatable bonds is 13. The highest BCUT2D eigenvalue weighted by atomic mass is 32.2. The van der Waals surface area contributed by atoms with Gasteiger partial charge in [0, 0.05) is 5.70 Å². The van der Waals surface area contributed by atoms with Crippen LogP contribution in [0.3, 0.4) is 0 Å². The zero-order valence-electron chi connectivity index (χ0n) is 28.1. The van der Waals surface area contributed by atoms with Crippen LogP contribution >= 0.6 is 11.8 Å². The van der Waals surface area contributed by atoms with Gasteiger partial charge >= 0.3 is 0 Å². The van der Waals surface area contributed by atoms with Gasteiger partial charge in [-0.15, -0.1) is 0 Å². The molecule has 0 bridgehead atoms. The molecule has 1 aliphatic heterocycles. The highest BCUT2D eigenvalue weighted by Crippen LogP contribution is 2.32. The minimum absolute atomic E-state index is 0.0669. The van der Waals surface area contributed by atoms with E-state index in [2.05, 4.69) is 16.9 Å². The molecule has 0 spiro atoms. The molecule has 8 nitrogen and oxygen atoms in total. The van der Waals surface area contributed by atoms with Crippen molar-refractivity contribution in [1.82, 2.24) is 10.2 Å². The van der Waals surface area contributed by atoms with E-state index in [0.717, 1.165) is 28.5 Å². The van der Waals surface area contributed by atoms with E-state index in [-0.39, 0.29) is 34.8 Å². The summed E-state index contributed by atoms with van der Waals surface area (Å²) in [6.07, 6.45) is 8.05. The summed E-state index contributed by atoms with van der Waals surface area (Å²) >= 11 is 0.988. The molecule has 1 heterocycles. The number of nitrogens with zero attached hydrogens (tertiary/aromatic N) is 2. The van der Waals surface area contributed by atoms with Gasteiger partial charge < -0.3 is 14.8 Å². The molecule has 0 saturated heterocycles. The maximum Gasteiger partial charge on any atom is 0.285 e. The Hall–Kier alpha value is -6.00. The Morgan fingerprint density at radius 3 is 2.24 bits per heavy atom. The molecule has 5 rings (SSSR count). The highest BCUT2D eigenvalue weighted by molar-refractivity contribution is 8.14. The van der Waals surface area contributed by atoms with Crippen molar-refractivity contribution in [3.63, 3.8) is 0 Å². The van der Waals surface area contributed by atoms with Crippen molar-refractivity contribution in [3.05, 3.63) is 173 Å². The standard InChI is InChI=1S/C41H36FN3O5S/c1-4-6-17-33(5-2)45-40(48)34(24-29-20-23-35(36(25-29)49-3)50-26-28-18-21-32(42)22-19-28)39(47)44-41(45)51-27-37(46)43-38(30-13-9-7-10-14-30)31-15-11-8-12-16-31/h4-25,38H,1,26-27H2,2-3H3,(H,43,46)/b17-6-,33-5+,34-24+. The van der Waals surface area contributed by atoms with Crippen LogP contribution < -0.4 is 14.8 Å². The van der Waals surface area contributed by atoms with Crippen molar-refractivity contribution in [2.24, 2.45) is 4.99 Å². The first-order valence-electron chi connectivity index (χ1n) is 16.0. The summed E-state index contributed by atoms with van der Waals surface area (Å²) in [6.45, 7) is 5.65. The Morgan fingerprint density at radius 1 is 0.961 bits per heavy atom. The predicted molar refractivity (Wildman–Crippen MR) is 199 cm³/mol. The molecule has 4 aromatic rings. The summed E-state index contributed by atoms with van der Waals surface area (Å²) in [5, 5.41) is 3.15. The van der Waals surface area contributed by atoms with E-state index in [9.17, 15) is 18.8 Å². The van der Waals surface area contributed by atoms with E-state index in [1.807, 2.05) is 60.7 Å². The van der Waals surface area contributed by atoms with E-state index >= 15 is 0 Å². The van der Waals surface area contributed by atoms with Gasteiger partial charge in [-0.05, 0) is 65.6 Å². The van der Waals surface area contributed by atoms with Crippen molar-refractivity contribution >= 4 is 40.7 Å². The molecule has 0 unspecified atom stereocenters. The number of aliphatic imine (C=N–C) groups is 1. The number of methoxy groups -OCH3 is 1. The minimum atomic E-state index is -0.746. The molecule has 1 aliphatic rings. The number of hydrogen-bond donors (Lipinski definition) is 1. The van der Waals surface area contributed by atoms with Gasteiger partial charge in [-0.1, -0.05) is 115 Å². The lowest BCUT2D eigenvalue weighted by atomic mass is 9.99. The van der Waals surface area contributed by atoms with Gasteiger partial charge in [-0.3, -0.25) is 19.3 Å². The van der Waals surface area contributed by atoms with Crippen LogP contribution in [0.1, 0.15) is 35.2 Å². The average Bonchev–Trinajstić information content (AvgIpc) is 3.16. The van der Waals surface area contributed by atoms with E-state index in [1.54, 1.807) is 61.6 Å². The molecule has 258 valence electrons. The number of benzene rings is 4. The molecule has 4 aromatic carbocycles. The highest BCUT2D eigenvalue weighted by Gasteiger charge is 2.35. The Balaban J connectivity index is 1.38. The number of ether oxygens (including phenoxy) is 2. The quantitative estimate of drug-likeness (QED) is 0.0868. The van der Waals surface area contributed by atoms with Crippen molar-refractivity contribution in [2.45, 2.75) is 19.6 Å². The Morgan fingerprint density at radius 2 is 1.63 bits per heavy atom. The summed E-state index contributed by atoms with van der Waals surface area (Å²) in [4.78, 5) is 46.5. The van der Waals surface area contributed by atoms with E-state index in [0.29, 0.717) is 22.8 Å². The molecular weight excluding hydrogens is 666 g/mol. The fourth-order valence-electron chi connectivity index (χ4n) is 5.19. The number of carbonyl (C=O) groups excluding carboxylic acids is 3. The summed E-state index contributed by atoms with van der Waals surface area (Å²) < 4.78 is 24.7. The fraction of sp³-hybridized carbons (Fsp3) is 0.122. The van der Waals surface area contributed by atoms with Gasteiger partial charge in [0.2, 0.25) is 5.91 Å². The van der Waals surface area contributed by atoms with Crippen molar-refractivity contribution in [2.75, 3.05) is 12.9 Å². The second-order valence-corrected chi connectivity index (χ2v) is 12.1. The topological polar surface area (TPSA) is 97.3 Å². The molecule has 0 atom stereocenters. The molecule has 0 aromatic heterocycles. The number of allylic oxidation sites excluding steroid dienone is 4. The molecule has 0 radical (unpaired) electrons. The molecular formula is C41H36FN3O5S. The normalized spacial score (nSPS) is 14.2. The van der Waals surface area contributed by atoms with E-state index in [4.69, 9.17) is 9.47 Å². The Labute approximate surface area is 300 Å². The summed E-state index contributed by atoms with van der Waals surface area (Å²) in [5.41, 5.74) is 3.36. The van der Waals surface area contributed by atoms with E-state index in [1.165, 1.54) is 30.2 Å². The lowest BCUT2D eigenvalue weighted by Crippen LogP contribution is -2.42. The van der Waals surface area contributed by atoms with Gasteiger partial charge in [0.15, 0.2) is 16.7 Å². The van der Waals surface area contributed by atoms with Crippen LogP contribution in [0.2, 0.25) is 0 Å². The summed E-state index contributed by atoms with van der Waals surface area (Å²) in [6, 6.07) is 29.8. The minimum Gasteiger partial charge on any atom is -0.493 e. The van der Waals surface area contributed by atoms with Crippen LogP contribution in [-0.2, 0) is 21.0 Å². The molecule has 0 fully saturated rings. The van der Waals surface area contributed by atoms with E-state index < -0.39 is 17.9 Å². The molecule has 1 N–H and O–H groups in total. The lowest BCUT2D eigenvalue weighted by Gasteiger charge is -2.28. The molecule has 0 saturated carbocycles. The summed E-state index contributed by atoms with van der Waals surface area (Å²) in [7, 11) is 1.48. The summed E-state index contributed by atoms with van der Waals surface area (Å²) in [5.74, 6) is -1.31. The second-order valence-electron chi connectivity index (χ2n) is 11.1. The fourth-order valence-corrected chi connectivity index (χ4v) is 6.00.